The lowest BCUT2D eigenvalue weighted by Gasteiger charge is -2.38. The predicted octanol–water partition coefficient (Wildman–Crippen LogP) is 1.15. The molecule has 0 aromatic carbocycles. The molecule has 0 aromatic heterocycles. The van der Waals surface area contributed by atoms with E-state index in [4.69, 9.17) is 0 Å². The van der Waals surface area contributed by atoms with Crippen LogP contribution in [0.1, 0.15) is 34.1 Å². The first-order chi connectivity index (χ1) is 4.85. The number of nitrogens with one attached hydrogen (secondary N) is 1. The van der Waals surface area contributed by atoms with Gasteiger partial charge in [-0.15, -0.1) is 0 Å². The van der Waals surface area contributed by atoms with Crippen molar-refractivity contribution in [3.63, 3.8) is 0 Å². The molecule has 2 nitrogen and oxygen atoms in total. The molecule has 2 heteroatoms. The molecule has 1 aliphatic rings. The third kappa shape index (κ3) is 1.57. The van der Waals surface area contributed by atoms with E-state index in [1.165, 1.54) is 0 Å². The molecule has 66 valence electrons. The summed E-state index contributed by atoms with van der Waals surface area (Å²) in [7, 11) is 0. The molecule has 0 radical (unpaired) electrons. The number of hydrogen-bond donors (Lipinski definition) is 2. The number of β-amino-alcohol motifs (C(OH)–C–C–N with tert-alkyl or cyclic N) is 1. The summed E-state index contributed by atoms with van der Waals surface area (Å²) in [5.41, 5.74) is 0.330. The van der Waals surface area contributed by atoms with Gasteiger partial charge in [-0.1, -0.05) is 20.8 Å². The van der Waals surface area contributed by atoms with Crippen molar-refractivity contribution in [2.24, 2.45) is 5.41 Å². The lowest BCUT2D eigenvalue weighted by molar-refractivity contribution is 0.142. The summed E-state index contributed by atoms with van der Waals surface area (Å²) in [5, 5.41) is 12.7. The molecule has 11 heavy (non-hydrogen) atoms. The fourth-order valence-corrected chi connectivity index (χ4v) is 1.53. The van der Waals surface area contributed by atoms with E-state index < -0.39 is 0 Å². The van der Waals surface area contributed by atoms with Crippen LogP contribution < -0.4 is 5.32 Å². The molecule has 0 aliphatic carbocycles. The van der Waals surface area contributed by atoms with Crippen molar-refractivity contribution >= 4 is 0 Å². The Bertz CT molecular complexity index is 150. The Balaban J connectivity index is 2.69. The molecule has 0 spiro atoms. The third-order valence-corrected chi connectivity index (χ3v) is 3.03. The summed E-state index contributed by atoms with van der Waals surface area (Å²) in [6, 6.07) is 0. The van der Waals surface area contributed by atoms with Crippen molar-refractivity contribution in [1.29, 1.82) is 0 Å². The van der Waals surface area contributed by atoms with Gasteiger partial charge in [0.2, 0.25) is 0 Å². The van der Waals surface area contributed by atoms with Crippen LogP contribution in [0.4, 0.5) is 0 Å². The van der Waals surface area contributed by atoms with Gasteiger partial charge in [-0.25, -0.2) is 0 Å². The zero-order valence-electron chi connectivity index (χ0n) is 7.94. The van der Waals surface area contributed by atoms with Crippen LogP contribution in [-0.2, 0) is 0 Å². The maximum atomic E-state index is 9.37. The number of hydrogen-bond acceptors (Lipinski definition) is 2. The summed E-state index contributed by atoms with van der Waals surface area (Å²) in [5.74, 6) is 0. The molecule has 2 atom stereocenters. The largest absolute Gasteiger partial charge is 0.392 e. The van der Waals surface area contributed by atoms with Gasteiger partial charge in [0.05, 0.1) is 6.10 Å². The maximum Gasteiger partial charge on any atom is 0.0682 e. The molecule has 2 unspecified atom stereocenters. The number of aliphatic hydroxyl groups excluding tert-OH is 1. The number of rotatable bonds is 0. The molecule has 1 rings (SSSR count). The second kappa shape index (κ2) is 2.46. The van der Waals surface area contributed by atoms with Gasteiger partial charge < -0.3 is 10.4 Å². The minimum Gasteiger partial charge on any atom is -0.392 e. The lowest BCUT2D eigenvalue weighted by Crippen LogP contribution is -2.47. The highest BCUT2D eigenvalue weighted by Gasteiger charge is 2.42. The average molecular weight is 157 g/mol. The summed E-state index contributed by atoms with van der Waals surface area (Å²) < 4.78 is 0. The van der Waals surface area contributed by atoms with Crippen molar-refractivity contribution < 1.29 is 5.11 Å². The molecule has 0 aromatic rings. The van der Waals surface area contributed by atoms with E-state index in [1.54, 1.807) is 0 Å². The summed E-state index contributed by atoms with van der Waals surface area (Å²) in [6.07, 6.45) is 0.718. The fourth-order valence-electron chi connectivity index (χ4n) is 1.53. The molecule has 0 amide bonds. The first-order valence-corrected chi connectivity index (χ1v) is 4.28. The van der Waals surface area contributed by atoms with Gasteiger partial charge in [0, 0.05) is 12.1 Å². The van der Waals surface area contributed by atoms with Gasteiger partial charge in [0.15, 0.2) is 0 Å². The van der Waals surface area contributed by atoms with E-state index in [-0.39, 0.29) is 17.1 Å². The van der Waals surface area contributed by atoms with Crippen molar-refractivity contribution in [1.82, 2.24) is 5.32 Å². The Kier molecular flexibility index (Phi) is 2.01. The minimum atomic E-state index is -0.153. The molecular formula is C9H19NO. The van der Waals surface area contributed by atoms with Crippen molar-refractivity contribution in [2.45, 2.75) is 45.8 Å². The lowest BCUT2D eigenvalue weighted by atomic mass is 9.74. The highest BCUT2D eigenvalue weighted by atomic mass is 16.3. The zero-order valence-corrected chi connectivity index (χ0v) is 7.94. The highest BCUT2D eigenvalue weighted by molar-refractivity contribution is 5.00. The second-order valence-corrected chi connectivity index (χ2v) is 4.82. The summed E-state index contributed by atoms with van der Waals surface area (Å²) in [4.78, 5) is 0. The van der Waals surface area contributed by atoms with E-state index in [0.717, 1.165) is 13.0 Å². The molecule has 1 fully saturated rings. The van der Waals surface area contributed by atoms with Gasteiger partial charge in [-0.05, 0) is 18.8 Å². The van der Waals surface area contributed by atoms with Crippen LogP contribution >= 0.6 is 0 Å². The van der Waals surface area contributed by atoms with E-state index in [9.17, 15) is 5.11 Å². The Morgan fingerprint density at radius 1 is 1.45 bits per heavy atom. The van der Waals surface area contributed by atoms with Crippen LogP contribution in [-0.4, -0.2) is 23.3 Å². The average Bonchev–Trinajstić information content (AvgIpc) is 2.10. The first-order valence-electron chi connectivity index (χ1n) is 4.28. The van der Waals surface area contributed by atoms with Crippen molar-refractivity contribution in [2.75, 3.05) is 6.54 Å². The van der Waals surface area contributed by atoms with Gasteiger partial charge >= 0.3 is 0 Å². The second-order valence-electron chi connectivity index (χ2n) is 4.82. The van der Waals surface area contributed by atoms with Crippen LogP contribution in [0, 0.1) is 5.41 Å². The topological polar surface area (TPSA) is 32.3 Å². The first kappa shape index (κ1) is 9.01. The van der Waals surface area contributed by atoms with Crippen LogP contribution in [0.3, 0.4) is 0 Å². The fraction of sp³-hybridized carbons (Fsp3) is 1.00. The van der Waals surface area contributed by atoms with Crippen LogP contribution in [0.25, 0.3) is 0 Å². The zero-order chi connectivity index (χ0) is 8.70. The Labute approximate surface area is 69.0 Å². The van der Waals surface area contributed by atoms with Gasteiger partial charge in [-0.2, -0.15) is 0 Å². The highest BCUT2D eigenvalue weighted by Crippen LogP contribution is 2.36. The van der Waals surface area contributed by atoms with Crippen LogP contribution in [0.15, 0.2) is 0 Å². The maximum absolute atomic E-state index is 9.37. The molecular weight excluding hydrogens is 138 g/mol. The standard InChI is InChI=1S/C9H19NO/c1-8(2,3)9(4)5-7(11)6-10-9/h7,10-11H,5-6H2,1-4H3. The minimum absolute atomic E-state index is 0.104. The SMILES string of the molecule is CC(C)(C)C1(C)CC(O)CN1. The smallest absolute Gasteiger partial charge is 0.0682 e. The summed E-state index contributed by atoms with van der Waals surface area (Å²) >= 11 is 0. The molecule has 0 bridgehead atoms. The quantitative estimate of drug-likeness (QED) is 0.553. The van der Waals surface area contributed by atoms with E-state index in [2.05, 4.69) is 33.0 Å². The van der Waals surface area contributed by atoms with Gasteiger partial charge in [0.25, 0.3) is 0 Å². The normalized spacial score (nSPS) is 39.5. The van der Waals surface area contributed by atoms with E-state index in [0.29, 0.717) is 0 Å². The van der Waals surface area contributed by atoms with Crippen LogP contribution in [0.2, 0.25) is 0 Å². The Morgan fingerprint density at radius 3 is 2.18 bits per heavy atom. The van der Waals surface area contributed by atoms with Crippen molar-refractivity contribution in [3.05, 3.63) is 0 Å². The monoisotopic (exact) mass is 157 g/mol. The molecule has 1 heterocycles. The third-order valence-electron chi connectivity index (χ3n) is 3.03. The van der Waals surface area contributed by atoms with Gasteiger partial charge in [0.1, 0.15) is 0 Å². The van der Waals surface area contributed by atoms with Gasteiger partial charge in [-0.3, -0.25) is 0 Å². The molecule has 1 aliphatic heterocycles. The van der Waals surface area contributed by atoms with E-state index >= 15 is 0 Å². The van der Waals surface area contributed by atoms with E-state index in [1.807, 2.05) is 0 Å². The van der Waals surface area contributed by atoms with Crippen molar-refractivity contribution in [3.8, 4) is 0 Å². The molecule has 0 saturated carbocycles. The number of aliphatic hydroxyl groups is 1. The molecule has 2 N–H and O–H groups in total. The summed E-state index contributed by atoms with van der Waals surface area (Å²) in [6.45, 7) is 9.55. The Hall–Kier alpha value is -0.0800. The predicted molar refractivity (Wildman–Crippen MR) is 46.5 cm³/mol. The molecule has 1 saturated heterocycles. The Morgan fingerprint density at radius 2 is 2.00 bits per heavy atom. The van der Waals surface area contributed by atoms with Crippen LogP contribution in [0.5, 0.6) is 0 Å².